The second kappa shape index (κ2) is 2.30. The molecular formula is C9H15N. The summed E-state index contributed by atoms with van der Waals surface area (Å²) >= 11 is 0. The van der Waals surface area contributed by atoms with Crippen LogP contribution in [-0.2, 0) is 0 Å². The van der Waals surface area contributed by atoms with Gasteiger partial charge < -0.3 is 4.90 Å². The lowest BCUT2D eigenvalue weighted by atomic mass is 9.87. The molecule has 0 aromatic rings. The van der Waals surface area contributed by atoms with Crippen molar-refractivity contribution in [3.05, 3.63) is 11.8 Å². The van der Waals surface area contributed by atoms with E-state index in [-0.39, 0.29) is 0 Å². The van der Waals surface area contributed by atoms with Gasteiger partial charge in [-0.3, -0.25) is 0 Å². The van der Waals surface area contributed by atoms with Crippen molar-refractivity contribution in [3.63, 3.8) is 0 Å². The summed E-state index contributed by atoms with van der Waals surface area (Å²) in [7, 11) is 2.19. The third-order valence-corrected chi connectivity index (χ3v) is 2.69. The third-order valence-electron chi connectivity index (χ3n) is 2.69. The minimum atomic E-state index is 0.929. The van der Waals surface area contributed by atoms with E-state index in [0.29, 0.717) is 0 Å². The van der Waals surface area contributed by atoms with Crippen molar-refractivity contribution < 1.29 is 0 Å². The van der Waals surface area contributed by atoms with E-state index in [2.05, 4.69) is 18.1 Å². The maximum absolute atomic E-state index is 2.35. The Morgan fingerprint density at radius 3 is 3.20 bits per heavy atom. The minimum absolute atomic E-state index is 0.929. The molecule has 10 heavy (non-hydrogen) atoms. The molecule has 1 nitrogen and oxygen atoms in total. The summed E-state index contributed by atoms with van der Waals surface area (Å²) in [6, 6.07) is 0. The summed E-state index contributed by atoms with van der Waals surface area (Å²) in [5.74, 6) is 0.929. The largest absolute Gasteiger partial charge is 0.380 e. The monoisotopic (exact) mass is 137 g/mol. The van der Waals surface area contributed by atoms with Gasteiger partial charge in [0.1, 0.15) is 0 Å². The molecule has 56 valence electrons. The van der Waals surface area contributed by atoms with E-state index in [1.807, 2.05) is 0 Å². The van der Waals surface area contributed by atoms with Gasteiger partial charge in [-0.05, 0) is 37.0 Å². The molecule has 1 saturated carbocycles. The summed E-state index contributed by atoms with van der Waals surface area (Å²) in [5, 5.41) is 0. The fourth-order valence-electron chi connectivity index (χ4n) is 2.17. The fraction of sp³-hybridized carbons (Fsp3) is 0.778. The molecule has 2 rings (SSSR count). The standard InChI is InChI=1S/C9H15N/c1-10-6-8-4-2-3-5-9(8)7-10/h6,9H,2-5,7H2,1H3/t9-/m0/s1. The Kier molecular flexibility index (Phi) is 1.44. The molecule has 0 radical (unpaired) electrons. The van der Waals surface area contributed by atoms with E-state index in [4.69, 9.17) is 0 Å². The van der Waals surface area contributed by atoms with Crippen LogP contribution < -0.4 is 0 Å². The highest BCUT2D eigenvalue weighted by molar-refractivity contribution is 5.14. The molecule has 0 bridgehead atoms. The number of hydrogen-bond donors (Lipinski definition) is 0. The van der Waals surface area contributed by atoms with Crippen LogP contribution >= 0.6 is 0 Å². The van der Waals surface area contributed by atoms with Gasteiger partial charge in [0.15, 0.2) is 0 Å². The minimum Gasteiger partial charge on any atom is -0.380 e. The molecule has 0 aromatic heterocycles. The Morgan fingerprint density at radius 2 is 2.40 bits per heavy atom. The Balaban J connectivity index is 2.10. The lowest BCUT2D eigenvalue weighted by Crippen LogP contribution is -2.15. The van der Waals surface area contributed by atoms with E-state index in [0.717, 1.165) is 5.92 Å². The smallest absolute Gasteiger partial charge is 0.0235 e. The molecule has 0 saturated heterocycles. The van der Waals surface area contributed by atoms with Gasteiger partial charge in [-0.25, -0.2) is 0 Å². The van der Waals surface area contributed by atoms with E-state index >= 15 is 0 Å². The van der Waals surface area contributed by atoms with Crippen molar-refractivity contribution >= 4 is 0 Å². The highest BCUT2D eigenvalue weighted by Gasteiger charge is 2.24. The molecule has 1 heterocycles. The summed E-state index contributed by atoms with van der Waals surface area (Å²) < 4.78 is 0. The average molecular weight is 137 g/mol. The van der Waals surface area contributed by atoms with Crippen LogP contribution in [0.1, 0.15) is 25.7 Å². The van der Waals surface area contributed by atoms with Gasteiger partial charge in [0.05, 0.1) is 0 Å². The van der Waals surface area contributed by atoms with Crippen LogP contribution in [0.25, 0.3) is 0 Å². The quantitative estimate of drug-likeness (QED) is 0.493. The lowest BCUT2D eigenvalue weighted by molar-refractivity contribution is 0.390. The Hall–Kier alpha value is -0.460. The Labute approximate surface area is 62.7 Å². The van der Waals surface area contributed by atoms with Crippen LogP contribution in [0.2, 0.25) is 0 Å². The SMILES string of the molecule is CN1C=C2CCCC[C@H]2C1. The molecule has 0 N–H and O–H groups in total. The molecule has 1 aliphatic carbocycles. The van der Waals surface area contributed by atoms with Crippen LogP contribution in [0.5, 0.6) is 0 Å². The molecule has 0 aromatic carbocycles. The van der Waals surface area contributed by atoms with Gasteiger partial charge in [-0.2, -0.15) is 0 Å². The van der Waals surface area contributed by atoms with Gasteiger partial charge >= 0.3 is 0 Å². The maximum Gasteiger partial charge on any atom is 0.0235 e. The molecule has 1 aliphatic heterocycles. The zero-order valence-corrected chi connectivity index (χ0v) is 6.64. The Bertz CT molecular complexity index is 160. The van der Waals surface area contributed by atoms with Crippen LogP contribution in [0.15, 0.2) is 11.8 Å². The highest BCUT2D eigenvalue weighted by atomic mass is 15.1. The topological polar surface area (TPSA) is 3.24 Å². The van der Waals surface area contributed by atoms with Crippen LogP contribution in [0.4, 0.5) is 0 Å². The predicted octanol–water partition coefficient (Wildman–Crippen LogP) is 2.01. The van der Waals surface area contributed by atoms with Gasteiger partial charge in [0, 0.05) is 13.6 Å². The first-order valence-electron chi connectivity index (χ1n) is 4.27. The summed E-state index contributed by atoms with van der Waals surface area (Å²) in [6.45, 7) is 1.29. The fourth-order valence-corrected chi connectivity index (χ4v) is 2.17. The van der Waals surface area contributed by atoms with Crippen LogP contribution in [0.3, 0.4) is 0 Å². The molecule has 0 unspecified atom stereocenters. The second-order valence-electron chi connectivity index (χ2n) is 3.59. The highest BCUT2D eigenvalue weighted by Crippen LogP contribution is 2.33. The van der Waals surface area contributed by atoms with Crippen molar-refractivity contribution in [2.45, 2.75) is 25.7 Å². The molecule has 1 fully saturated rings. The van der Waals surface area contributed by atoms with E-state index in [9.17, 15) is 0 Å². The van der Waals surface area contributed by atoms with Crippen molar-refractivity contribution in [3.8, 4) is 0 Å². The van der Waals surface area contributed by atoms with Crippen molar-refractivity contribution in [1.82, 2.24) is 4.90 Å². The first-order valence-corrected chi connectivity index (χ1v) is 4.27. The van der Waals surface area contributed by atoms with Crippen LogP contribution in [-0.4, -0.2) is 18.5 Å². The van der Waals surface area contributed by atoms with Crippen molar-refractivity contribution in [2.75, 3.05) is 13.6 Å². The molecule has 0 spiro atoms. The Morgan fingerprint density at radius 1 is 1.50 bits per heavy atom. The third kappa shape index (κ3) is 0.938. The summed E-state index contributed by atoms with van der Waals surface area (Å²) in [4.78, 5) is 2.34. The van der Waals surface area contributed by atoms with Crippen LogP contribution in [0, 0.1) is 5.92 Å². The van der Waals surface area contributed by atoms with Gasteiger partial charge in [0.25, 0.3) is 0 Å². The molecular weight excluding hydrogens is 122 g/mol. The van der Waals surface area contributed by atoms with Gasteiger partial charge in [-0.15, -0.1) is 0 Å². The zero-order chi connectivity index (χ0) is 6.97. The normalized spacial score (nSPS) is 31.9. The van der Waals surface area contributed by atoms with E-state index in [1.165, 1.54) is 32.2 Å². The zero-order valence-electron chi connectivity index (χ0n) is 6.64. The van der Waals surface area contributed by atoms with Crippen molar-refractivity contribution in [2.24, 2.45) is 5.92 Å². The molecule has 1 atom stereocenters. The van der Waals surface area contributed by atoms with E-state index < -0.39 is 0 Å². The summed E-state index contributed by atoms with van der Waals surface area (Å²) in [5.41, 5.74) is 1.72. The van der Waals surface area contributed by atoms with Crippen molar-refractivity contribution in [1.29, 1.82) is 0 Å². The number of rotatable bonds is 0. The second-order valence-corrected chi connectivity index (χ2v) is 3.59. The molecule has 2 aliphatic rings. The van der Waals surface area contributed by atoms with Gasteiger partial charge in [-0.1, -0.05) is 6.42 Å². The predicted molar refractivity (Wildman–Crippen MR) is 42.7 cm³/mol. The number of fused-ring (bicyclic) bond motifs is 1. The van der Waals surface area contributed by atoms with Gasteiger partial charge in [0.2, 0.25) is 0 Å². The first-order chi connectivity index (χ1) is 4.86. The molecule has 1 heteroatoms. The first kappa shape index (κ1) is 6.26. The lowest BCUT2D eigenvalue weighted by Gasteiger charge is -2.19. The number of nitrogens with zero attached hydrogens (tertiary/aromatic N) is 1. The average Bonchev–Trinajstić information content (AvgIpc) is 2.27. The maximum atomic E-state index is 2.35. The molecule has 0 amide bonds. The number of hydrogen-bond acceptors (Lipinski definition) is 1. The van der Waals surface area contributed by atoms with E-state index in [1.54, 1.807) is 5.57 Å². The summed E-state index contributed by atoms with van der Waals surface area (Å²) in [6.07, 6.45) is 8.04.